The molecule has 0 fully saturated rings. The first-order valence-electron chi connectivity index (χ1n) is 9.15. The molecular weight excluding hydrogens is 386 g/mol. The van der Waals surface area contributed by atoms with Gasteiger partial charge in [0, 0.05) is 24.4 Å². The summed E-state index contributed by atoms with van der Waals surface area (Å²) in [6.45, 7) is 1.91. The van der Waals surface area contributed by atoms with Crippen molar-refractivity contribution in [2.45, 2.75) is 13.5 Å². The summed E-state index contributed by atoms with van der Waals surface area (Å²) < 4.78 is 12.7. The molecule has 0 aliphatic carbocycles. The largest absolute Gasteiger partial charge is 0.496 e. The van der Waals surface area contributed by atoms with E-state index >= 15 is 0 Å². The van der Waals surface area contributed by atoms with Crippen molar-refractivity contribution < 1.29 is 19.2 Å². The molecule has 0 bridgehead atoms. The number of aryl methyl sites for hydroxylation is 1. The predicted octanol–water partition coefficient (Wildman–Crippen LogP) is 4.12. The van der Waals surface area contributed by atoms with Crippen molar-refractivity contribution in [2.75, 3.05) is 7.11 Å². The lowest BCUT2D eigenvalue weighted by Gasteiger charge is -2.11. The summed E-state index contributed by atoms with van der Waals surface area (Å²) in [5.41, 5.74) is 2.69. The van der Waals surface area contributed by atoms with Gasteiger partial charge in [-0.1, -0.05) is 24.3 Å². The lowest BCUT2D eigenvalue weighted by atomic mass is 10.1. The highest BCUT2D eigenvalue weighted by molar-refractivity contribution is 6.07. The maximum Gasteiger partial charge on any atom is 0.310 e. The van der Waals surface area contributed by atoms with E-state index in [1.54, 1.807) is 48.3 Å². The quantitative estimate of drug-likeness (QED) is 0.241. The average Bonchev–Trinajstić information content (AvgIpc) is 3.09. The normalized spacial score (nSPS) is 10.9. The zero-order chi connectivity index (χ0) is 21.7. The molecule has 3 rings (SSSR count). The number of carbonyl (C=O) groups is 1. The van der Waals surface area contributed by atoms with E-state index in [0.29, 0.717) is 16.9 Å². The number of para-hydroxylation sites is 2. The van der Waals surface area contributed by atoms with Gasteiger partial charge in [0.2, 0.25) is 0 Å². The van der Waals surface area contributed by atoms with Crippen LogP contribution in [0.1, 0.15) is 27.2 Å². The Kier molecular flexibility index (Phi) is 6.26. The van der Waals surface area contributed by atoms with Gasteiger partial charge in [-0.05, 0) is 36.8 Å². The molecule has 2 aromatic carbocycles. The number of ether oxygens (including phenoxy) is 2. The second-order valence-corrected chi connectivity index (χ2v) is 6.55. The molecule has 8 nitrogen and oxygen atoms in total. The highest BCUT2D eigenvalue weighted by Crippen LogP contribution is 2.28. The molecule has 0 amide bonds. The number of nitro groups is 1. The number of carbonyl (C=O) groups excluding carboxylic acids is 1. The van der Waals surface area contributed by atoms with Crippen LogP contribution in [0.15, 0.2) is 54.7 Å². The molecule has 8 heteroatoms. The van der Waals surface area contributed by atoms with Crippen LogP contribution in [0.25, 0.3) is 6.08 Å². The minimum Gasteiger partial charge on any atom is -0.496 e. The van der Waals surface area contributed by atoms with Gasteiger partial charge >= 0.3 is 5.69 Å². The second kappa shape index (κ2) is 9.04. The lowest BCUT2D eigenvalue weighted by molar-refractivity contribution is -0.385. The fraction of sp³-hybridized carbons (Fsp3) is 0.182. The van der Waals surface area contributed by atoms with Crippen molar-refractivity contribution in [2.24, 2.45) is 7.05 Å². The summed E-state index contributed by atoms with van der Waals surface area (Å²) in [6.07, 6.45) is 4.73. The molecule has 30 heavy (non-hydrogen) atoms. The topological polar surface area (TPSA) is 96.5 Å². The second-order valence-electron chi connectivity index (χ2n) is 6.55. The van der Waals surface area contributed by atoms with Crippen LogP contribution in [0.3, 0.4) is 0 Å². The van der Waals surface area contributed by atoms with Crippen LogP contribution in [-0.2, 0) is 13.7 Å². The Bertz CT molecular complexity index is 1120. The molecular formula is C22H21N3O5. The third kappa shape index (κ3) is 4.54. The van der Waals surface area contributed by atoms with Gasteiger partial charge in [-0.3, -0.25) is 19.6 Å². The number of nitrogens with zero attached hydrogens (tertiary/aromatic N) is 3. The molecule has 0 N–H and O–H groups in total. The fourth-order valence-electron chi connectivity index (χ4n) is 2.90. The average molecular weight is 407 g/mol. The Hall–Kier alpha value is -3.94. The predicted molar refractivity (Wildman–Crippen MR) is 112 cm³/mol. The molecule has 0 saturated carbocycles. The Labute approximate surface area is 173 Å². The molecule has 0 saturated heterocycles. The van der Waals surface area contributed by atoms with Gasteiger partial charge < -0.3 is 9.47 Å². The number of allylic oxidation sites excluding steroid dienone is 1. The number of nitro benzene ring substituents is 1. The van der Waals surface area contributed by atoms with Gasteiger partial charge in [-0.15, -0.1) is 0 Å². The molecule has 0 radical (unpaired) electrons. The number of benzene rings is 2. The number of hydrogen-bond acceptors (Lipinski definition) is 6. The molecule has 0 spiro atoms. The van der Waals surface area contributed by atoms with Crippen molar-refractivity contribution >= 4 is 17.5 Å². The minimum absolute atomic E-state index is 0.0748. The molecule has 154 valence electrons. The lowest BCUT2D eigenvalue weighted by Crippen LogP contribution is -2.01. The molecule has 0 aliphatic rings. The monoisotopic (exact) mass is 407 g/mol. The third-order valence-electron chi connectivity index (χ3n) is 4.68. The van der Waals surface area contributed by atoms with Crippen molar-refractivity contribution in [1.29, 1.82) is 0 Å². The minimum atomic E-state index is -0.488. The van der Waals surface area contributed by atoms with E-state index in [9.17, 15) is 14.9 Å². The van der Waals surface area contributed by atoms with Gasteiger partial charge in [-0.2, -0.15) is 5.10 Å². The summed E-state index contributed by atoms with van der Waals surface area (Å²) >= 11 is 0. The van der Waals surface area contributed by atoms with Crippen LogP contribution in [0.5, 0.6) is 11.5 Å². The summed E-state index contributed by atoms with van der Waals surface area (Å²) in [5, 5.41) is 15.2. The Morgan fingerprint density at radius 3 is 2.67 bits per heavy atom. The third-order valence-corrected chi connectivity index (χ3v) is 4.68. The fourth-order valence-corrected chi connectivity index (χ4v) is 2.90. The zero-order valence-corrected chi connectivity index (χ0v) is 16.9. The van der Waals surface area contributed by atoms with E-state index in [0.717, 1.165) is 11.3 Å². The van der Waals surface area contributed by atoms with Gasteiger partial charge in [0.05, 0.1) is 23.8 Å². The summed E-state index contributed by atoms with van der Waals surface area (Å²) in [5.74, 6) is 0.613. The number of hydrogen-bond donors (Lipinski definition) is 0. The van der Waals surface area contributed by atoms with Gasteiger partial charge in [0.15, 0.2) is 11.5 Å². The van der Waals surface area contributed by atoms with E-state index in [2.05, 4.69) is 5.10 Å². The van der Waals surface area contributed by atoms with Crippen LogP contribution < -0.4 is 9.47 Å². The Morgan fingerprint density at radius 2 is 2.00 bits per heavy atom. The van der Waals surface area contributed by atoms with Gasteiger partial charge in [-0.25, -0.2) is 0 Å². The van der Waals surface area contributed by atoms with Crippen molar-refractivity contribution in [3.8, 4) is 11.5 Å². The number of ketones is 1. The van der Waals surface area contributed by atoms with E-state index < -0.39 is 4.92 Å². The molecule has 1 aromatic heterocycles. The van der Waals surface area contributed by atoms with Crippen LogP contribution in [-0.4, -0.2) is 27.6 Å². The molecule has 1 heterocycles. The summed E-state index contributed by atoms with van der Waals surface area (Å²) in [6, 6.07) is 11.6. The molecule has 0 unspecified atom stereocenters. The number of rotatable bonds is 8. The summed E-state index contributed by atoms with van der Waals surface area (Å²) in [7, 11) is 3.32. The van der Waals surface area contributed by atoms with Crippen molar-refractivity contribution in [3.05, 3.63) is 87.2 Å². The molecule has 0 aliphatic heterocycles. The SMILES string of the molecule is COc1ccc(/C=C/C(=O)c2cnn(C)c2C)cc1COc1ccccc1[N+](=O)[O-]. The molecule has 0 atom stereocenters. The number of aromatic nitrogens is 2. The van der Waals surface area contributed by atoms with E-state index in [-0.39, 0.29) is 23.8 Å². The van der Waals surface area contributed by atoms with Gasteiger partial charge in [0.1, 0.15) is 12.4 Å². The maximum atomic E-state index is 12.4. The maximum absolute atomic E-state index is 12.4. The van der Waals surface area contributed by atoms with Crippen LogP contribution in [0.4, 0.5) is 5.69 Å². The first kappa shape index (κ1) is 20.8. The first-order valence-corrected chi connectivity index (χ1v) is 9.15. The highest BCUT2D eigenvalue weighted by atomic mass is 16.6. The van der Waals surface area contributed by atoms with Crippen LogP contribution in [0.2, 0.25) is 0 Å². The van der Waals surface area contributed by atoms with Gasteiger partial charge in [0.25, 0.3) is 0 Å². The number of methoxy groups -OCH3 is 1. The molecule has 3 aromatic rings. The standard InChI is InChI=1S/C22H21N3O5/c1-15-18(13-23-24(15)2)20(26)10-8-16-9-11-21(29-3)17(12-16)14-30-22-7-5-4-6-19(22)25(27)28/h4-13H,14H2,1-3H3/b10-8+. The van der Waals surface area contributed by atoms with E-state index in [1.807, 2.05) is 19.1 Å². The van der Waals surface area contributed by atoms with E-state index in [4.69, 9.17) is 9.47 Å². The Balaban J connectivity index is 1.79. The summed E-state index contributed by atoms with van der Waals surface area (Å²) in [4.78, 5) is 23.1. The zero-order valence-electron chi connectivity index (χ0n) is 16.9. The Morgan fingerprint density at radius 1 is 1.23 bits per heavy atom. The first-order chi connectivity index (χ1) is 14.4. The van der Waals surface area contributed by atoms with E-state index in [1.165, 1.54) is 19.3 Å². The highest BCUT2D eigenvalue weighted by Gasteiger charge is 2.15. The van der Waals surface area contributed by atoms with Crippen molar-refractivity contribution in [3.63, 3.8) is 0 Å². The smallest absolute Gasteiger partial charge is 0.310 e. The van der Waals surface area contributed by atoms with Crippen LogP contribution >= 0.6 is 0 Å². The van der Waals surface area contributed by atoms with Crippen molar-refractivity contribution in [1.82, 2.24) is 9.78 Å². The van der Waals surface area contributed by atoms with Crippen LogP contribution in [0, 0.1) is 17.0 Å².